The monoisotopic (exact) mass is 493 g/mol. The van der Waals surface area contributed by atoms with Crippen LogP contribution in [0.4, 0.5) is 21.9 Å². The fourth-order valence-electron chi connectivity index (χ4n) is 3.66. The van der Waals surface area contributed by atoms with E-state index < -0.39 is 6.03 Å². The van der Waals surface area contributed by atoms with Crippen molar-refractivity contribution < 1.29 is 18.7 Å². The molecule has 9 heteroatoms. The minimum atomic E-state index is -0.392. The van der Waals surface area contributed by atoms with E-state index in [2.05, 4.69) is 20.9 Å². The van der Waals surface area contributed by atoms with E-state index in [1.807, 2.05) is 36.4 Å². The molecule has 0 radical (unpaired) electrons. The minimum Gasteiger partial charge on any atom is -0.457 e. The van der Waals surface area contributed by atoms with Crippen molar-refractivity contribution in [3.8, 4) is 23.0 Å². The third-order valence-electron chi connectivity index (χ3n) is 5.53. The Labute approximate surface area is 212 Å². The Kier molecular flexibility index (Phi) is 6.41. The van der Waals surface area contributed by atoms with E-state index in [1.165, 1.54) is 7.05 Å². The zero-order chi connectivity index (χ0) is 25.8. The third kappa shape index (κ3) is 5.35. The molecule has 0 saturated carbocycles. The van der Waals surface area contributed by atoms with E-state index in [-0.39, 0.29) is 5.91 Å². The number of nitrogens with zero attached hydrogens (tertiary/aromatic N) is 1. The Morgan fingerprint density at radius 1 is 0.838 bits per heavy atom. The lowest BCUT2D eigenvalue weighted by Gasteiger charge is -2.11. The van der Waals surface area contributed by atoms with Crippen molar-refractivity contribution in [2.45, 2.75) is 0 Å². The predicted molar refractivity (Wildman–Crippen MR) is 143 cm³/mol. The van der Waals surface area contributed by atoms with Crippen LogP contribution in [0.3, 0.4) is 0 Å². The highest BCUT2D eigenvalue weighted by Crippen LogP contribution is 2.27. The Balaban J connectivity index is 1.18. The molecular formula is C28H23N5O4. The average Bonchev–Trinajstić information content (AvgIpc) is 3.35. The summed E-state index contributed by atoms with van der Waals surface area (Å²) in [4.78, 5) is 28.9. The molecule has 0 spiro atoms. The van der Waals surface area contributed by atoms with E-state index in [4.69, 9.17) is 14.9 Å². The third-order valence-corrected chi connectivity index (χ3v) is 5.53. The lowest BCUT2D eigenvalue weighted by atomic mass is 10.1. The SMILES string of the molecule is CNC(=O)c1cc(Oc2ccc(NC(=O)Nc3ccc(-c4nc5ccccc5o4)cc3)cc2)ccc1N. The topological polar surface area (TPSA) is 132 Å². The number of carbonyl (C=O) groups is 2. The van der Waals surface area contributed by atoms with Gasteiger partial charge < -0.3 is 30.8 Å². The summed E-state index contributed by atoms with van der Waals surface area (Å²) >= 11 is 0. The van der Waals surface area contributed by atoms with Gasteiger partial charge in [0.15, 0.2) is 5.58 Å². The number of rotatable bonds is 6. The van der Waals surface area contributed by atoms with Gasteiger partial charge in [-0.3, -0.25) is 4.79 Å². The summed E-state index contributed by atoms with van der Waals surface area (Å²) in [5.74, 6) is 1.22. The number of ether oxygens (including phenoxy) is 1. The standard InChI is InChI=1S/C28H23N5O4/c1-30-26(34)22-16-21(14-15-23(22)29)36-20-12-10-19(11-13-20)32-28(35)31-18-8-6-17(7-9-18)27-33-24-4-2-3-5-25(24)37-27/h2-16H,29H2,1H3,(H,30,34)(H2,31,32,35). The molecule has 9 nitrogen and oxygen atoms in total. The molecule has 0 aliphatic carbocycles. The number of aromatic nitrogens is 1. The van der Waals surface area contributed by atoms with Crippen LogP contribution < -0.4 is 26.4 Å². The number of anilines is 3. The van der Waals surface area contributed by atoms with Crippen LogP contribution >= 0.6 is 0 Å². The molecule has 0 fully saturated rings. The minimum absolute atomic E-state index is 0.297. The molecule has 5 N–H and O–H groups in total. The Hall–Kier alpha value is -5.31. The molecular weight excluding hydrogens is 470 g/mol. The number of carbonyl (C=O) groups excluding carboxylic acids is 2. The number of nitrogens with one attached hydrogen (secondary N) is 3. The van der Waals surface area contributed by atoms with E-state index in [0.717, 1.165) is 16.7 Å². The van der Waals surface area contributed by atoms with Crippen molar-refractivity contribution >= 4 is 40.1 Å². The number of nitrogen functional groups attached to an aromatic ring is 1. The van der Waals surface area contributed by atoms with Crippen LogP contribution in [-0.4, -0.2) is 24.0 Å². The van der Waals surface area contributed by atoms with Gasteiger partial charge in [-0.25, -0.2) is 9.78 Å². The molecule has 0 aliphatic heterocycles. The van der Waals surface area contributed by atoms with Gasteiger partial charge in [0, 0.05) is 29.7 Å². The Morgan fingerprint density at radius 2 is 1.49 bits per heavy atom. The average molecular weight is 494 g/mol. The van der Waals surface area contributed by atoms with Crippen molar-refractivity contribution in [3.05, 3.63) is 96.6 Å². The van der Waals surface area contributed by atoms with Crippen LogP contribution in [0.25, 0.3) is 22.6 Å². The number of hydrogen-bond donors (Lipinski definition) is 4. The summed E-state index contributed by atoms with van der Waals surface area (Å²) in [6.07, 6.45) is 0. The second kappa shape index (κ2) is 10.1. The highest BCUT2D eigenvalue weighted by Gasteiger charge is 2.11. The zero-order valence-corrected chi connectivity index (χ0v) is 19.8. The van der Waals surface area contributed by atoms with Crippen LogP contribution in [0.15, 0.2) is 95.4 Å². The zero-order valence-electron chi connectivity index (χ0n) is 19.8. The molecule has 1 heterocycles. The molecule has 5 rings (SSSR count). The normalized spacial score (nSPS) is 10.6. The van der Waals surface area contributed by atoms with Crippen molar-refractivity contribution in [3.63, 3.8) is 0 Å². The molecule has 0 saturated heterocycles. The summed E-state index contributed by atoms with van der Waals surface area (Å²) in [5, 5.41) is 8.12. The van der Waals surface area contributed by atoms with Gasteiger partial charge in [-0.05, 0) is 78.9 Å². The van der Waals surface area contributed by atoms with E-state index in [1.54, 1.807) is 54.6 Å². The number of fused-ring (bicyclic) bond motifs is 1. The first kappa shape index (κ1) is 23.4. The lowest BCUT2D eigenvalue weighted by Crippen LogP contribution is -2.19. The van der Waals surface area contributed by atoms with Gasteiger partial charge in [-0.15, -0.1) is 0 Å². The first-order valence-electron chi connectivity index (χ1n) is 11.4. The summed E-state index contributed by atoms with van der Waals surface area (Å²) in [7, 11) is 1.53. The molecule has 3 amide bonds. The summed E-state index contributed by atoms with van der Waals surface area (Å²) in [5.41, 5.74) is 10.1. The number of oxazole rings is 1. The van der Waals surface area contributed by atoms with Gasteiger partial charge in [0.05, 0.1) is 5.56 Å². The number of para-hydroxylation sites is 2. The van der Waals surface area contributed by atoms with Gasteiger partial charge in [0.1, 0.15) is 17.0 Å². The van der Waals surface area contributed by atoms with Crippen molar-refractivity contribution in [1.82, 2.24) is 10.3 Å². The molecule has 37 heavy (non-hydrogen) atoms. The van der Waals surface area contributed by atoms with Crippen molar-refractivity contribution in [2.75, 3.05) is 23.4 Å². The van der Waals surface area contributed by atoms with Gasteiger partial charge in [0.2, 0.25) is 5.89 Å². The van der Waals surface area contributed by atoms with Gasteiger partial charge in [-0.2, -0.15) is 0 Å². The second-order valence-electron chi connectivity index (χ2n) is 8.10. The summed E-state index contributed by atoms with van der Waals surface area (Å²) in [6, 6.07) is 26.1. The molecule has 0 unspecified atom stereocenters. The first-order valence-corrected chi connectivity index (χ1v) is 11.4. The quantitative estimate of drug-likeness (QED) is 0.219. The number of nitrogens with two attached hydrogens (primary N) is 1. The maximum absolute atomic E-state index is 12.5. The van der Waals surface area contributed by atoms with E-state index >= 15 is 0 Å². The Bertz CT molecular complexity index is 1540. The summed E-state index contributed by atoms with van der Waals surface area (Å²) < 4.78 is 11.6. The summed E-state index contributed by atoms with van der Waals surface area (Å²) in [6.45, 7) is 0. The predicted octanol–water partition coefficient (Wildman–Crippen LogP) is 5.87. The lowest BCUT2D eigenvalue weighted by molar-refractivity contribution is 0.0963. The van der Waals surface area contributed by atoms with Crippen LogP contribution in [0, 0.1) is 0 Å². The van der Waals surface area contributed by atoms with Crippen LogP contribution in [0.1, 0.15) is 10.4 Å². The van der Waals surface area contributed by atoms with Crippen LogP contribution in [0.5, 0.6) is 11.5 Å². The second-order valence-corrected chi connectivity index (χ2v) is 8.10. The molecule has 184 valence electrons. The van der Waals surface area contributed by atoms with Gasteiger partial charge in [-0.1, -0.05) is 12.1 Å². The maximum Gasteiger partial charge on any atom is 0.323 e. The highest BCUT2D eigenvalue weighted by atomic mass is 16.5. The van der Waals surface area contributed by atoms with Crippen molar-refractivity contribution in [1.29, 1.82) is 0 Å². The van der Waals surface area contributed by atoms with E-state index in [9.17, 15) is 9.59 Å². The fraction of sp³-hybridized carbons (Fsp3) is 0.0357. The van der Waals surface area contributed by atoms with Gasteiger partial charge in [0.25, 0.3) is 5.91 Å². The number of benzene rings is 4. The molecule has 1 aromatic heterocycles. The Morgan fingerprint density at radius 3 is 2.16 bits per heavy atom. The largest absolute Gasteiger partial charge is 0.457 e. The molecule has 4 aromatic carbocycles. The maximum atomic E-state index is 12.5. The van der Waals surface area contributed by atoms with Crippen molar-refractivity contribution in [2.24, 2.45) is 0 Å². The fourth-order valence-corrected chi connectivity index (χ4v) is 3.66. The van der Waals surface area contributed by atoms with E-state index in [0.29, 0.717) is 40.0 Å². The van der Waals surface area contributed by atoms with Gasteiger partial charge >= 0.3 is 6.03 Å². The smallest absolute Gasteiger partial charge is 0.323 e. The number of urea groups is 1. The number of hydrogen-bond acceptors (Lipinski definition) is 6. The molecule has 0 bridgehead atoms. The molecule has 5 aromatic rings. The van der Waals surface area contributed by atoms with Crippen LogP contribution in [0.2, 0.25) is 0 Å². The first-order chi connectivity index (χ1) is 18.0. The van der Waals surface area contributed by atoms with Crippen LogP contribution in [-0.2, 0) is 0 Å². The molecule has 0 atom stereocenters. The molecule has 0 aliphatic rings. The number of amides is 3. The highest BCUT2D eigenvalue weighted by molar-refractivity contribution is 6.00.